The summed E-state index contributed by atoms with van der Waals surface area (Å²) in [6, 6.07) is 9.77. The largest absolute Gasteiger partial charge is 0.355 e. The Hall–Kier alpha value is -1.39. The van der Waals surface area contributed by atoms with E-state index in [1.807, 2.05) is 30.3 Å². The van der Waals surface area contributed by atoms with Crippen LogP contribution in [0.3, 0.4) is 0 Å². The molecule has 1 amide bonds. The van der Waals surface area contributed by atoms with Crippen LogP contribution in [0.5, 0.6) is 0 Å². The van der Waals surface area contributed by atoms with E-state index in [1.54, 1.807) is 0 Å². The minimum absolute atomic E-state index is 0.0438. The van der Waals surface area contributed by atoms with Gasteiger partial charge in [-0.15, -0.1) is 0 Å². The first-order chi connectivity index (χ1) is 10.3. The summed E-state index contributed by atoms with van der Waals surface area (Å²) in [5.74, 6) is -0.191. The van der Waals surface area contributed by atoms with Gasteiger partial charge in [-0.3, -0.25) is 4.79 Å². The van der Waals surface area contributed by atoms with Gasteiger partial charge in [0, 0.05) is 13.1 Å². The highest BCUT2D eigenvalue weighted by atomic mass is 16.1. The Bertz CT molecular complexity index is 415. The second kappa shape index (κ2) is 8.80. The zero-order valence-corrected chi connectivity index (χ0v) is 12.8. The van der Waals surface area contributed by atoms with E-state index in [2.05, 4.69) is 10.2 Å². The molecule has 116 valence electrons. The third kappa shape index (κ3) is 5.14. The van der Waals surface area contributed by atoms with Crippen molar-refractivity contribution >= 4 is 5.91 Å². The fraction of sp³-hybridized carbons (Fsp3) is 0.588. The molecule has 0 saturated carbocycles. The maximum absolute atomic E-state index is 12.2. The Balaban J connectivity index is 1.70. The van der Waals surface area contributed by atoms with E-state index >= 15 is 0 Å². The van der Waals surface area contributed by atoms with Gasteiger partial charge in [0.2, 0.25) is 5.91 Å². The third-order valence-electron chi connectivity index (χ3n) is 4.15. The van der Waals surface area contributed by atoms with Crippen LogP contribution in [0.25, 0.3) is 0 Å². The molecular formula is C17H27N3O. The lowest BCUT2D eigenvalue weighted by molar-refractivity contribution is -0.122. The Morgan fingerprint density at radius 3 is 2.57 bits per heavy atom. The van der Waals surface area contributed by atoms with Gasteiger partial charge in [-0.25, -0.2) is 0 Å². The van der Waals surface area contributed by atoms with Crippen molar-refractivity contribution in [2.24, 2.45) is 5.73 Å². The van der Waals surface area contributed by atoms with Crippen LogP contribution in [0.1, 0.15) is 37.2 Å². The number of carbonyl (C=O) groups excluding carboxylic acids is 1. The predicted octanol–water partition coefficient (Wildman–Crippen LogP) is 1.72. The standard InChI is InChI=1S/C17H27N3O/c18-14-16(15-8-3-1-4-9-15)17(21)19-10-7-13-20-11-5-2-6-12-20/h1,3-4,8-9,16H,2,5-7,10-14,18H2,(H,19,21). The lowest BCUT2D eigenvalue weighted by Crippen LogP contribution is -2.36. The van der Waals surface area contributed by atoms with Gasteiger partial charge in [0.25, 0.3) is 0 Å². The van der Waals surface area contributed by atoms with Crippen molar-refractivity contribution < 1.29 is 4.79 Å². The van der Waals surface area contributed by atoms with E-state index in [0.717, 1.165) is 25.1 Å². The molecule has 1 aromatic rings. The number of likely N-dealkylation sites (tertiary alicyclic amines) is 1. The van der Waals surface area contributed by atoms with Crippen LogP contribution >= 0.6 is 0 Å². The molecule has 0 aliphatic carbocycles. The summed E-state index contributed by atoms with van der Waals surface area (Å²) in [6.07, 6.45) is 5.01. The average Bonchev–Trinajstić information content (AvgIpc) is 2.54. The van der Waals surface area contributed by atoms with Gasteiger partial charge in [0.05, 0.1) is 5.92 Å². The van der Waals surface area contributed by atoms with Gasteiger partial charge >= 0.3 is 0 Å². The van der Waals surface area contributed by atoms with Crippen molar-refractivity contribution in [1.29, 1.82) is 0 Å². The van der Waals surface area contributed by atoms with Crippen molar-refractivity contribution in [1.82, 2.24) is 10.2 Å². The number of nitrogens with zero attached hydrogens (tertiary/aromatic N) is 1. The van der Waals surface area contributed by atoms with E-state index in [0.29, 0.717) is 6.54 Å². The Morgan fingerprint density at radius 2 is 1.90 bits per heavy atom. The molecule has 0 aromatic heterocycles. The topological polar surface area (TPSA) is 58.4 Å². The van der Waals surface area contributed by atoms with Crippen molar-refractivity contribution in [2.45, 2.75) is 31.6 Å². The summed E-state index contributed by atoms with van der Waals surface area (Å²) >= 11 is 0. The number of carbonyl (C=O) groups is 1. The van der Waals surface area contributed by atoms with Gasteiger partial charge < -0.3 is 16.0 Å². The molecule has 1 saturated heterocycles. The SMILES string of the molecule is NCC(C(=O)NCCCN1CCCCC1)c1ccccc1. The van der Waals surface area contributed by atoms with Crippen molar-refractivity contribution in [2.75, 3.05) is 32.7 Å². The first-order valence-corrected chi connectivity index (χ1v) is 8.06. The van der Waals surface area contributed by atoms with Crippen LogP contribution in [0, 0.1) is 0 Å². The number of amides is 1. The zero-order chi connectivity index (χ0) is 14.9. The smallest absolute Gasteiger partial charge is 0.228 e. The number of benzene rings is 1. The van der Waals surface area contributed by atoms with Gasteiger partial charge in [-0.05, 0) is 44.5 Å². The average molecular weight is 289 g/mol. The fourth-order valence-electron chi connectivity index (χ4n) is 2.90. The monoisotopic (exact) mass is 289 g/mol. The summed E-state index contributed by atoms with van der Waals surface area (Å²) in [5, 5.41) is 3.03. The molecule has 3 N–H and O–H groups in total. The number of nitrogens with two attached hydrogens (primary N) is 1. The predicted molar refractivity (Wildman–Crippen MR) is 86.2 cm³/mol. The van der Waals surface area contributed by atoms with E-state index < -0.39 is 0 Å². The van der Waals surface area contributed by atoms with E-state index in [-0.39, 0.29) is 11.8 Å². The molecule has 0 bridgehead atoms. The van der Waals surface area contributed by atoms with Gasteiger partial charge in [0.15, 0.2) is 0 Å². The summed E-state index contributed by atoms with van der Waals surface area (Å²) in [7, 11) is 0. The Labute approximate surface area is 127 Å². The maximum Gasteiger partial charge on any atom is 0.228 e. The van der Waals surface area contributed by atoms with Crippen LogP contribution < -0.4 is 11.1 Å². The summed E-state index contributed by atoms with van der Waals surface area (Å²) in [5.41, 5.74) is 6.75. The molecule has 1 aromatic carbocycles. The molecule has 1 unspecified atom stereocenters. The maximum atomic E-state index is 12.2. The highest BCUT2D eigenvalue weighted by Crippen LogP contribution is 2.14. The quantitative estimate of drug-likeness (QED) is 0.752. The van der Waals surface area contributed by atoms with Crippen molar-refractivity contribution in [3.63, 3.8) is 0 Å². The van der Waals surface area contributed by atoms with Crippen LogP contribution in [0.4, 0.5) is 0 Å². The molecule has 0 spiro atoms. The fourth-order valence-corrected chi connectivity index (χ4v) is 2.90. The highest BCUT2D eigenvalue weighted by molar-refractivity contribution is 5.83. The second-order valence-electron chi connectivity index (χ2n) is 5.75. The lowest BCUT2D eigenvalue weighted by Gasteiger charge is -2.26. The molecule has 4 nitrogen and oxygen atoms in total. The number of hydrogen-bond donors (Lipinski definition) is 2. The van der Waals surface area contributed by atoms with Gasteiger partial charge in [-0.1, -0.05) is 36.8 Å². The molecule has 1 fully saturated rings. The normalized spacial score (nSPS) is 17.4. The zero-order valence-electron chi connectivity index (χ0n) is 12.8. The number of rotatable bonds is 7. The molecule has 0 radical (unpaired) electrons. The molecule has 1 aliphatic rings. The van der Waals surface area contributed by atoms with Crippen molar-refractivity contribution in [3.8, 4) is 0 Å². The summed E-state index contributed by atoms with van der Waals surface area (Å²) < 4.78 is 0. The molecule has 1 atom stereocenters. The highest BCUT2D eigenvalue weighted by Gasteiger charge is 2.18. The summed E-state index contributed by atoms with van der Waals surface area (Å²) in [4.78, 5) is 14.7. The van der Waals surface area contributed by atoms with Gasteiger partial charge in [-0.2, -0.15) is 0 Å². The number of hydrogen-bond acceptors (Lipinski definition) is 3. The number of nitrogens with one attached hydrogen (secondary N) is 1. The molecule has 1 aliphatic heterocycles. The summed E-state index contributed by atoms with van der Waals surface area (Å²) in [6.45, 7) is 4.59. The molecule has 1 heterocycles. The van der Waals surface area contributed by atoms with Gasteiger partial charge in [0.1, 0.15) is 0 Å². The second-order valence-corrected chi connectivity index (χ2v) is 5.75. The van der Waals surface area contributed by atoms with Crippen LogP contribution in [0.2, 0.25) is 0 Å². The first-order valence-electron chi connectivity index (χ1n) is 8.06. The molecule has 4 heteroatoms. The van der Waals surface area contributed by atoms with Crippen LogP contribution in [0.15, 0.2) is 30.3 Å². The Kier molecular flexibility index (Phi) is 6.70. The molecule has 2 rings (SSSR count). The van der Waals surface area contributed by atoms with E-state index in [1.165, 1.54) is 32.4 Å². The van der Waals surface area contributed by atoms with E-state index in [4.69, 9.17) is 5.73 Å². The minimum atomic E-state index is -0.235. The van der Waals surface area contributed by atoms with Crippen LogP contribution in [-0.4, -0.2) is 43.5 Å². The Morgan fingerprint density at radius 1 is 1.19 bits per heavy atom. The minimum Gasteiger partial charge on any atom is -0.355 e. The molecular weight excluding hydrogens is 262 g/mol. The first kappa shape index (κ1) is 16.0. The molecule has 21 heavy (non-hydrogen) atoms. The lowest BCUT2D eigenvalue weighted by atomic mass is 9.98. The van der Waals surface area contributed by atoms with Crippen molar-refractivity contribution in [3.05, 3.63) is 35.9 Å². The number of piperidine rings is 1. The van der Waals surface area contributed by atoms with Crippen LogP contribution in [-0.2, 0) is 4.79 Å². The third-order valence-corrected chi connectivity index (χ3v) is 4.15. The van der Waals surface area contributed by atoms with E-state index in [9.17, 15) is 4.79 Å².